The maximum absolute atomic E-state index is 12.7. The van der Waals surface area contributed by atoms with E-state index in [4.69, 9.17) is 4.74 Å². The molecule has 28 heavy (non-hydrogen) atoms. The number of benzene rings is 2. The average molecular weight is 405 g/mol. The lowest BCUT2D eigenvalue weighted by atomic mass is 9.87. The molecule has 1 aliphatic rings. The van der Waals surface area contributed by atoms with Gasteiger partial charge in [-0.05, 0) is 30.9 Å². The van der Waals surface area contributed by atoms with Crippen molar-refractivity contribution in [1.82, 2.24) is 10.0 Å². The van der Waals surface area contributed by atoms with E-state index >= 15 is 0 Å². The Labute approximate surface area is 166 Å². The molecule has 0 unspecified atom stereocenters. The van der Waals surface area contributed by atoms with Gasteiger partial charge in [-0.15, -0.1) is 0 Å². The number of ether oxygens (including phenoxy) is 1. The zero-order valence-corrected chi connectivity index (χ0v) is 17.1. The Morgan fingerprint density at radius 2 is 1.75 bits per heavy atom. The predicted molar refractivity (Wildman–Crippen MR) is 110 cm³/mol. The fourth-order valence-electron chi connectivity index (χ4n) is 3.85. The van der Waals surface area contributed by atoms with Crippen LogP contribution in [-0.2, 0) is 14.8 Å². The minimum absolute atomic E-state index is 0.000922. The first-order chi connectivity index (χ1) is 13.5. The maximum Gasteiger partial charge on any atom is 0.241 e. The van der Waals surface area contributed by atoms with Gasteiger partial charge in [-0.25, -0.2) is 13.1 Å². The summed E-state index contributed by atoms with van der Waals surface area (Å²) in [7, 11) is -2.13. The lowest BCUT2D eigenvalue weighted by molar-refractivity contribution is -0.122. The minimum Gasteiger partial charge on any atom is -0.496 e. The van der Waals surface area contributed by atoms with E-state index in [1.807, 2.05) is 12.1 Å². The summed E-state index contributed by atoms with van der Waals surface area (Å²) < 4.78 is 33.4. The van der Waals surface area contributed by atoms with Gasteiger partial charge in [0, 0.05) is 30.3 Å². The monoisotopic (exact) mass is 404 g/mol. The van der Waals surface area contributed by atoms with Crippen molar-refractivity contribution in [2.45, 2.75) is 43.4 Å². The highest BCUT2D eigenvalue weighted by molar-refractivity contribution is 7.89. The van der Waals surface area contributed by atoms with Crippen LogP contribution in [0.4, 0.5) is 0 Å². The van der Waals surface area contributed by atoms with Gasteiger partial charge in [-0.1, -0.05) is 43.5 Å². The third kappa shape index (κ3) is 5.02. The van der Waals surface area contributed by atoms with Gasteiger partial charge in [-0.2, -0.15) is 0 Å². The van der Waals surface area contributed by atoms with Gasteiger partial charge in [0.1, 0.15) is 5.75 Å². The molecule has 1 amide bonds. The second-order valence-electron chi connectivity index (χ2n) is 7.27. The molecule has 2 N–H and O–H groups in total. The highest BCUT2D eigenvalue weighted by atomic mass is 32.2. The molecule has 6 nitrogen and oxygen atoms in total. The van der Waals surface area contributed by atoms with E-state index in [0.717, 1.165) is 18.2 Å². The summed E-state index contributed by atoms with van der Waals surface area (Å²) in [4.78, 5) is 12.3. The van der Waals surface area contributed by atoms with Crippen molar-refractivity contribution in [3.05, 3.63) is 36.4 Å². The SMILES string of the molecule is COc1ccc(S(=O)(=O)NCCNC(=O)CC2CCCCC2)c2ccccc12. The first kappa shape index (κ1) is 20.6. The van der Waals surface area contributed by atoms with Crippen LogP contribution in [-0.4, -0.2) is 34.5 Å². The summed E-state index contributed by atoms with van der Waals surface area (Å²) in [5.74, 6) is 1.10. The summed E-state index contributed by atoms with van der Waals surface area (Å²) in [5, 5.41) is 4.17. The Hall–Kier alpha value is -2.12. The number of carbonyl (C=O) groups excluding carboxylic acids is 1. The molecule has 1 saturated carbocycles. The van der Waals surface area contributed by atoms with Crippen molar-refractivity contribution in [2.24, 2.45) is 5.92 Å². The molecule has 0 aromatic heterocycles. The van der Waals surface area contributed by atoms with E-state index in [-0.39, 0.29) is 23.9 Å². The number of nitrogens with one attached hydrogen (secondary N) is 2. The molecule has 3 rings (SSSR count). The molecule has 0 radical (unpaired) electrons. The lowest BCUT2D eigenvalue weighted by Crippen LogP contribution is -2.35. The molecule has 2 aromatic rings. The van der Waals surface area contributed by atoms with Crippen LogP contribution in [0.1, 0.15) is 38.5 Å². The number of rotatable bonds is 8. The molecule has 2 aromatic carbocycles. The van der Waals surface area contributed by atoms with Crippen LogP contribution in [0.3, 0.4) is 0 Å². The molecule has 0 saturated heterocycles. The number of sulfonamides is 1. The number of methoxy groups -OCH3 is 1. The van der Waals surface area contributed by atoms with Gasteiger partial charge in [0.25, 0.3) is 0 Å². The number of hydrogen-bond acceptors (Lipinski definition) is 4. The Morgan fingerprint density at radius 1 is 1.04 bits per heavy atom. The summed E-state index contributed by atoms with van der Waals surface area (Å²) in [6.07, 6.45) is 6.44. The van der Waals surface area contributed by atoms with Crippen LogP contribution in [0.2, 0.25) is 0 Å². The third-order valence-corrected chi connectivity index (χ3v) is 6.81. The quantitative estimate of drug-likeness (QED) is 0.662. The van der Waals surface area contributed by atoms with E-state index in [1.165, 1.54) is 19.3 Å². The van der Waals surface area contributed by atoms with Crippen LogP contribution < -0.4 is 14.8 Å². The number of carbonyl (C=O) groups is 1. The summed E-state index contributed by atoms with van der Waals surface area (Å²) in [6, 6.07) is 10.4. The van der Waals surface area contributed by atoms with E-state index in [2.05, 4.69) is 10.0 Å². The van der Waals surface area contributed by atoms with E-state index in [1.54, 1.807) is 31.4 Å². The van der Waals surface area contributed by atoms with E-state index in [9.17, 15) is 13.2 Å². The second kappa shape index (κ2) is 9.39. The molecule has 152 valence electrons. The second-order valence-corrected chi connectivity index (χ2v) is 9.00. The molecule has 1 fully saturated rings. The van der Waals surface area contributed by atoms with Gasteiger partial charge >= 0.3 is 0 Å². The number of amides is 1. The smallest absolute Gasteiger partial charge is 0.241 e. The van der Waals surface area contributed by atoms with Crippen molar-refractivity contribution >= 4 is 26.7 Å². The fraction of sp³-hybridized carbons (Fsp3) is 0.476. The Kier molecular flexibility index (Phi) is 6.91. The van der Waals surface area contributed by atoms with Gasteiger partial charge in [-0.3, -0.25) is 4.79 Å². The first-order valence-corrected chi connectivity index (χ1v) is 11.3. The first-order valence-electron chi connectivity index (χ1n) is 9.83. The van der Waals surface area contributed by atoms with Crippen molar-refractivity contribution in [2.75, 3.05) is 20.2 Å². The standard InChI is InChI=1S/C21H28N2O4S/c1-27-19-11-12-20(18-10-6-5-9-17(18)19)28(25,26)23-14-13-22-21(24)15-16-7-3-2-4-8-16/h5-6,9-12,16,23H,2-4,7-8,13-15H2,1H3,(H,22,24). The van der Waals surface area contributed by atoms with Crippen molar-refractivity contribution in [1.29, 1.82) is 0 Å². The van der Waals surface area contributed by atoms with Crippen molar-refractivity contribution < 1.29 is 17.9 Å². The van der Waals surface area contributed by atoms with Crippen LogP contribution in [0, 0.1) is 5.92 Å². The summed E-state index contributed by atoms with van der Waals surface area (Å²) >= 11 is 0. The zero-order chi connectivity index (χ0) is 20.0. The summed E-state index contributed by atoms with van der Waals surface area (Å²) in [5.41, 5.74) is 0. The zero-order valence-electron chi connectivity index (χ0n) is 16.2. The average Bonchev–Trinajstić information content (AvgIpc) is 2.71. The van der Waals surface area contributed by atoms with Gasteiger partial charge < -0.3 is 10.1 Å². The third-order valence-electron chi connectivity index (χ3n) is 5.29. The molecule has 0 bridgehead atoms. The van der Waals surface area contributed by atoms with Crippen molar-refractivity contribution in [3.8, 4) is 5.75 Å². The van der Waals surface area contributed by atoms with Crippen LogP contribution >= 0.6 is 0 Å². The molecule has 7 heteroatoms. The molecule has 1 aliphatic carbocycles. The molecule has 0 heterocycles. The minimum atomic E-state index is -3.69. The Bertz CT molecular complexity index is 921. The van der Waals surface area contributed by atoms with Crippen LogP contribution in [0.15, 0.2) is 41.3 Å². The van der Waals surface area contributed by atoms with E-state index in [0.29, 0.717) is 23.5 Å². The maximum atomic E-state index is 12.7. The van der Waals surface area contributed by atoms with Crippen molar-refractivity contribution in [3.63, 3.8) is 0 Å². The largest absolute Gasteiger partial charge is 0.496 e. The summed E-state index contributed by atoms with van der Waals surface area (Å²) in [6.45, 7) is 0.429. The molecule has 0 aliphatic heterocycles. The normalized spacial score (nSPS) is 15.5. The Balaban J connectivity index is 1.57. The molecule has 0 spiro atoms. The fourth-order valence-corrected chi connectivity index (χ4v) is 5.09. The highest BCUT2D eigenvalue weighted by Crippen LogP contribution is 2.30. The van der Waals surface area contributed by atoms with Crippen LogP contribution in [0.25, 0.3) is 10.8 Å². The lowest BCUT2D eigenvalue weighted by Gasteiger charge is -2.20. The topological polar surface area (TPSA) is 84.5 Å². The van der Waals surface area contributed by atoms with Gasteiger partial charge in [0.05, 0.1) is 12.0 Å². The predicted octanol–water partition coefficient (Wildman–Crippen LogP) is 3.21. The molecular formula is C21H28N2O4S. The van der Waals surface area contributed by atoms with Crippen LogP contribution in [0.5, 0.6) is 5.75 Å². The van der Waals surface area contributed by atoms with Gasteiger partial charge in [0.15, 0.2) is 0 Å². The number of fused-ring (bicyclic) bond motifs is 1. The van der Waals surface area contributed by atoms with Gasteiger partial charge in [0.2, 0.25) is 15.9 Å². The Morgan fingerprint density at radius 3 is 2.46 bits per heavy atom. The molecule has 0 atom stereocenters. The number of hydrogen-bond donors (Lipinski definition) is 2. The van der Waals surface area contributed by atoms with E-state index < -0.39 is 10.0 Å². The molecular weight excluding hydrogens is 376 g/mol. The highest BCUT2D eigenvalue weighted by Gasteiger charge is 2.19.